The van der Waals surface area contributed by atoms with Crippen molar-refractivity contribution in [2.75, 3.05) is 22.9 Å². The van der Waals surface area contributed by atoms with Gasteiger partial charge in [-0.25, -0.2) is 18.7 Å². The van der Waals surface area contributed by atoms with Crippen molar-refractivity contribution < 1.29 is 17.7 Å². The highest BCUT2D eigenvalue weighted by Gasteiger charge is 2.17. The number of fused-ring (bicyclic) bond motifs is 6. The maximum Gasteiger partial charge on any atom is 0.227 e. The number of halogens is 2. The van der Waals surface area contributed by atoms with Gasteiger partial charge in [0.05, 0.1) is 12.3 Å². The van der Waals surface area contributed by atoms with Crippen LogP contribution in [0.3, 0.4) is 0 Å². The molecule has 35 heavy (non-hydrogen) atoms. The molecule has 2 aromatic carbocycles. The van der Waals surface area contributed by atoms with Crippen molar-refractivity contribution in [3.63, 3.8) is 0 Å². The van der Waals surface area contributed by atoms with E-state index in [9.17, 15) is 13.0 Å². The molecule has 0 spiro atoms. The number of nitrogens with one attached hydrogen (secondary N) is 2. The molecule has 2 N–H and O–H groups in total. The van der Waals surface area contributed by atoms with Crippen LogP contribution < -0.4 is 15.4 Å². The Morgan fingerprint density at radius 1 is 1.20 bits per heavy atom. The van der Waals surface area contributed by atoms with E-state index in [4.69, 9.17) is 4.74 Å². The van der Waals surface area contributed by atoms with Crippen molar-refractivity contribution >= 4 is 28.1 Å². The Hall–Kier alpha value is -3.07. The van der Waals surface area contributed by atoms with Gasteiger partial charge >= 0.3 is 0 Å². The summed E-state index contributed by atoms with van der Waals surface area (Å²) in [7, 11) is -1.01. The molecule has 2 heterocycles. The van der Waals surface area contributed by atoms with E-state index in [1.54, 1.807) is 0 Å². The lowest BCUT2D eigenvalue weighted by atomic mass is 10.1. The fourth-order valence-corrected chi connectivity index (χ4v) is 5.42. The number of rotatable bonds is 4. The van der Waals surface area contributed by atoms with Crippen molar-refractivity contribution in [1.82, 2.24) is 9.97 Å². The van der Waals surface area contributed by atoms with E-state index in [2.05, 4.69) is 20.6 Å². The summed E-state index contributed by atoms with van der Waals surface area (Å²) in [6.07, 6.45) is 2.54. The van der Waals surface area contributed by atoms with Gasteiger partial charge in [0, 0.05) is 51.9 Å². The van der Waals surface area contributed by atoms with Crippen LogP contribution in [0.4, 0.5) is 26.1 Å². The molecule has 1 aliphatic rings. The molecule has 0 saturated carbocycles. The number of nitrogens with zero attached hydrogens (tertiary/aromatic N) is 2. The first-order valence-corrected chi connectivity index (χ1v) is 13.2. The van der Waals surface area contributed by atoms with Gasteiger partial charge in [0.1, 0.15) is 17.3 Å². The average Bonchev–Trinajstić information content (AvgIpc) is 2.77. The summed E-state index contributed by atoms with van der Waals surface area (Å²) < 4.78 is 47.5. The minimum absolute atomic E-state index is 0.0684. The number of benzene rings is 2. The van der Waals surface area contributed by atoms with E-state index in [1.165, 1.54) is 18.2 Å². The van der Waals surface area contributed by atoms with Crippen molar-refractivity contribution in [3.05, 3.63) is 59.8 Å². The average molecular weight is 501 g/mol. The van der Waals surface area contributed by atoms with Crippen molar-refractivity contribution in [2.24, 2.45) is 5.92 Å². The summed E-state index contributed by atoms with van der Waals surface area (Å²) in [5.74, 6) is 1.15. The van der Waals surface area contributed by atoms with Crippen molar-refractivity contribution in [1.29, 1.82) is 0 Å². The third-order valence-electron chi connectivity index (χ3n) is 5.49. The maximum absolute atomic E-state index is 14.8. The SMILES string of the molecule is CC(C)CS(=O)Cc1cc2cc(c1)OC(C)CCCNc1cc(F)ccc1-c1nc(ncc1F)N2. The lowest BCUT2D eigenvalue weighted by molar-refractivity contribution is 0.209. The van der Waals surface area contributed by atoms with Crippen LogP contribution in [0, 0.1) is 17.6 Å². The normalized spacial score (nSPS) is 16.7. The lowest BCUT2D eigenvalue weighted by Crippen LogP contribution is -2.14. The fourth-order valence-electron chi connectivity index (χ4n) is 4.02. The molecule has 6 nitrogen and oxygen atoms in total. The lowest BCUT2D eigenvalue weighted by Gasteiger charge is -2.17. The number of anilines is 3. The Labute approximate surface area is 207 Å². The summed E-state index contributed by atoms with van der Waals surface area (Å²) in [5.41, 5.74) is 2.50. The second-order valence-corrected chi connectivity index (χ2v) is 10.7. The number of aromatic nitrogens is 2. The van der Waals surface area contributed by atoms with Gasteiger partial charge in [-0.3, -0.25) is 4.21 Å². The number of hydrogen-bond acceptors (Lipinski definition) is 6. The molecule has 0 saturated heterocycles. The largest absolute Gasteiger partial charge is 0.491 e. The van der Waals surface area contributed by atoms with Gasteiger partial charge < -0.3 is 15.4 Å². The van der Waals surface area contributed by atoms with Crippen LogP contribution in [0.2, 0.25) is 0 Å². The van der Waals surface area contributed by atoms with Crippen molar-refractivity contribution in [3.8, 4) is 17.0 Å². The monoisotopic (exact) mass is 500 g/mol. The van der Waals surface area contributed by atoms with E-state index in [-0.39, 0.29) is 17.7 Å². The van der Waals surface area contributed by atoms with Crippen molar-refractivity contribution in [2.45, 2.75) is 45.5 Å². The van der Waals surface area contributed by atoms with Gasteiger partial charge in [-0.15, -0.1) is 0 Å². The molecule has 1 aliphatic heterocycles. The smallest absolute Gasteiger partial charge is 0.227 e. The highest BCUT2D eigenvalue weighted by atomic mass is 32.2. The fraction of sp³-hybridized carbons (Fsp3) is 0.385. The predicted octanol–water partition coefficient (Wildman–Crippen LogP) is 6.04. The molecule has 4 bridgehead atoms. The molecule has 0 aliphatic carbocycles. The van der Waals surface area contributed by atoms with E-state index in [0.29, 0.717) is 46.7 Å². The Morgan fingerprint density at radius 2 is 2.03 bits per heavy atom. The molecule has 3 aromatic rings. The van der Waals surface area contributed by atoms with Gasteiger partial charge in [0.2, 0.25) is 5.95 Å². The predicted molar refractivity (Wildman–Crippen MR) is 136 cm³/mol. The minimum atomic E-state index is -1.01. The summed E-state index contributed by atoms with van der Waals surface area (Å²) in [5, 5.41) is 6.34. The maximum atomic E-state index is 14.8. The third-order valence-corrected chi connectivity index (χ3v) is 7.18. The quantitative estimate of drug-likeness (QED) is 0.455. The molecule has 186 valence electrons. The molecule has 0 radical (unpaired) electrons. The summed E-state index contributed by atoms with van der Waals surface area (Å²) in [6, 6.07) is 9.76. The van der Waals surface area contributed by atoms with Gasteiger partial charge in [-0.2, -0.15) is 0 Å². The summed E-state index contributed by atoms with van der Waals surface area (Å²) >= 11 is 0. The highest BCUT2D eigenvalue weighted by Crippen LogP contribution is 2.32. The first-order valence-electron chi connectivity index (χ1n) is 11.8. The van der Waals surface area contributed by atoms with Crippen LogP contribution in [0.25, 0.3) is 11.3 Å². The summed E-state index contributed by atoms with van der Waals surface area (Å²) in [6.45, 7) is 6.64. The van der Waals surface area contributed by atoms with E-state index < -0.39 is 22.4 Å². The van der Waals surface area contributed by atoms with Gasteiger partial charge in [-0.05, 0) is 61.6 Å². The van der Waals surface area contributed by atoms with Gasteiger partial charge in [0.25, 0.3) is 0 Å². The zero-order valence-electron chi connectivity index (χ0n) is 20.1. The topological polar surface area (TPSA) is 76.1 Å². The molecule has 0 amide bonds. The second kappa shape index (κ2) is 11.1. The Morgan fingerprint density at radius 3 is 2.83 bits per heavy atom. The molecule has 1 aromatic heterocycles. The summed E-state index contributed by atoms with van der Waals surface area (Å²) in [4.78, 5) is 8.49. The Balaban J connectivity index is 1.74. The molecular formula is C26H30F2N4O2S. The van der Waals surface area contributed by atoms with Gasteiger partial charge in [0.15, 0.2) is 5.82 Å². The van der Waals surface area contributed by atoms with Crippen LogP contribution >= 0.6 is 0 Å². The van der Waals surface area contributed by atoms with E-state index in [1.807, 2.05) is 39.0 Å². The number of ether oxygens (including phenoxy) is 1. The molecule has 2 unspecified atom stereocenters. The Kier molecular flexibility index (Phi) is 7.95. The zero-order valence-corrected chi connectivity index (χ0v) is 20.9. The molecular weight excluding hydrogens is 470 g/mol. The van der Waals surface area contributed by atoms with Crippen LogP contribution in [0.1, 0.15) is 39.2 Å². The molecule has 2 atom stereocenters. The minimum Gasteiger partial charge on any atom is -0.491 e. The molecule has 4 rings (SSSR count). The highest BCUT2D eigenvalue weighted by molar-refractivity contribution is 7.84. The molecule has 9 heteroatoms. The first-order chi connectivity index (χ1) is 16.8. The third kappa shape index (κ3) is 6.75. The standard InChI is InChI=1S/C26H30F2N4O2S/c1-16(2)14-35(33)15-18-9-20-12-21(10-18)34-17(3)5-4-8-29-24-11-19(27)6-7-22(24)25-23(28)13-30-26(31-20)32-25/h6-7,9-13,16-17,29H,4-5,8,14-15H2,1-3H3,(H,30,31,32). The van der Waals surface area contributed by atoms with Crippen LogP contribution in [-0.2, 0) is 16.6 Å². The zero-order chi connectivity index (χ0) is 24.9. The molecule has 0 fully saturated rings. The van der Waals surface area contributed by atoms with Crippen LogP contribution in [0.5, 0.6) is 5.75 Å². The number of hydrogen-bond donors (Lipinski definition) is 2. The Bertz CT molecular complexity index is 1220. The van der Waals surface area contributed by atoms with E-state index >= 15 is 0 Å². The first kappa shape index (κ1) is 25.0. The van der Waals surface area contributed by atoms with E-state index in [0.717, 1.165) is 24.6 Å². The van der Waals surface area contributed by atoms with Gasteiger partial charge in [-0.1, -0.05) is 13.8 Å². The second-order valence-electron chi connectivity index (χ2n) is 9.21. The van der Waals surface area contributed by atoms with Crippen LogP contribution in [-0.4, -0.2) is 32.6 Å². The van der Waals surface area contributed by atoms with Crippen LogP contribution in [0.15, 0.2) is 42.6 Å².